The number of hydrogen-bond donors (Lipinski definition) is 0. The van der Waals surface area contributed by atoms with Crippen LogP contribution in [0.2, 0.25) is 10.0 Å². The van der Waals surface area contributed by atoms with Crippen LogP contribution >= 0.6 is 39.1 Å². The molecule has 0 fully saturated rings. The van der Waals surface area contributed by atoms with Crippen LogP contribution in [0.4, 0.5) is 0 Å². The molecule has 3 aliphatic heterocycles. The molecule has 0 aliphatic carbocycles. The van der Waals surface area contributed by atoms with Crippen molar-refractivity contribution in [2.45, 2.75) is 26.6 Å². The molecule has 0 bridgehead atoms. The molecule has 0 amide bonds. The van der Waals surface area contributed by atoms with Crippen molar-refractivity contribution in [3.8, 4) is 17.2 Å². The van der Waals surface area contributed by atoms with E-state index in [1.165, 1.54) is 0 Å². The Morgan fingerprint density at radius 2 is 1.89 bits per heavy atom. The van der Waals surface area contributed by atoms with Gasteiger partial charge in [-0.25, -0.2) is 0 Å². The molecule has 0 saturated carbocycles. The van der Waals surface area contributed by atoms with Crippen molar-refractivity contribution in [2.24, 2.45) is 0 Å². The standard InChI is InChI=1S/C27H20BrCl2NO5/c1-14-25-17(10-31(12-34-25)9-15-2-3-21(29)22(30)4-15)7-20-24(32)23(36-26(14)20)8-16-5-19(28)6-18-11-33-13-35-27(16)18/h2-8H,9-13H2,1H3/b23-8-. The number of fused-ring (bicyclic) bond motifs is 3. The first-order chi connectivity index (χ1) is 17.4. The Balaban J connectivity index is 1.29. The number of rotatable bonds is 3. The highest BCUT2D eigenvalue weighted by Crippen LogP contribution is 2.44. The van der Waals surface area contributed by atoms with Gasteiger partial charge in [0, 0.05) is 39.8 Å². The van der Waals surface area contributed by atoms with Gasteiger partial charge in [0.05, 0.1) is 22.2 Å². The van der Waals surface area contributed by atoms with Crippen molar-refractivity contribution in [1.29, 1.82) is 0 Å². The van der Waals surface area contributed by atoms with Gasteiger partial charge in [0.1, 0.15) is 24.0 Å². The number of hydrogen-bond acceptors (Lipinski definition) is 6. The van der Waals surface area contributed by atoms with Gasteiger partial charge in [0.25, 0.3) is 0 Å². The van der Waals surface area contributed by atoms with E-state index in [0.717, 1.165) is 38.0 Å². The zero-order chi connectivity index (χ0) is 25.0. The smallest absolute Gasteiger partial charge is 0.231 e. The van der Waals surface area contributed by atoms with E-state index >= 15 is 0 Å². The second-order valence-corrected chi connectivity index (χ2v) is 10.6. The molecule has 3 aliphatic rings. The summed E-state index contributed by atoms with van der Waals surface area (Å²) >= 11 is 15.8. The van der Waals surface area contributed by atoms with Crippen molar-refractivity contribution in [1.82, 2.24) is 4.90 Å². The monoisotopic (exact) mass is 587 g/mol. The average molecular weight is 589 g/mol. The van der Waals surface area contributed by atoms with Crippen LogP contribution in [0.3, 0.4) is 0 Å². The summed E-state index contributed by atoms with van der Waals surface area (Å²) in [5.74, 6) is 2.07. The summed E-state index contributed by atoms with van der Waals surface area (Å²) < 4.78 is 24.2. The van der Waals surface area contributed by atoms with Crippen molar-refractivity contribution in [2.75, 3.05) is 13.5 Å². The van der Waals surface area contributed by atoms with E-state index in [0.29, 0.717) is 53.5 Å². The summed E-state index contributed by atoms with van der Waals surface area (Å²) in [5, 5.41) is 1.05. The summed E-state index contributed by atoms with van der Waals surface area (Å²) in [6.07, 6.45) is 1.73. The number of halogens is 3. The summed E-state index contributed by atoms with van der Waals surface area (Å²) in [6, 6.07) is 11.3. The SMILES string of the molecule is Cc1c2c(cc3c1O/C(=C\c1cc(Br)cc4c1OCOC4)C3=O)CN(Cc1ccc(Cl)c(Cl)c1)CO2. The van der Waals surface area contributed by atoms with Crippen LogP contribution in [0, 0.1) is 6.92 Å². The van der Waals surface area contributed by atoms with Crippen LogP contribution in [-0.4, -0.2) is 24.2 Å². The summed E-state index contributed by atoms with van der Waals surface area (Å²) in [7, 11) is 0. The second-order valence-electron chi connectivity index (χ2n) is 8.91. The Morgan fingerprint density at radius 1 is 1.03 bits per heavy atom. The molecule has 0 aromatic heterocycles. The third kappa shape index (κ3) is 4.29. The number of Topliss-reactive ketones (excluding diaryl/α,β-unsaturated/α-hetero) is 1. The molecule has 9 heteroatoms. The molecule has 0 unspecified atom stereocenters. The number of carbonyl (C=O) groups is 1. The molecule has 184 valence electrons. The van der Waals surface area contributed by atoms with E-state index in [2.05, 4.69) is 20.8 Å². The lowest BCUT2D eigenvalue weighted by Gasteiger charge is -2.30. The lowest BCUT2D eigenvalue weighted by molar-refractivity contribution is -0.0165. The van der Waals surface area contributed by atoms with E-state index in [-0.39, 0.29) is 18.3 Å². The van der Waals surface area contributed by atoms with E-state index in [9.17, 15) is 4.79 Å². The summed E-state index contributed by atoms with van der Waals surface area (Å²) in [5.41, 5.74) is 4.98. The summed E-state index contributed by atoms with van der Waals surface area (Å²) in [6.45, 7) is 4.21. The van der Waals surface area contributed by atoms with Crippen molar-refractivity contribution in [3.05, 3.63) is 90.1 Å². The van der Waals surface area contributed by atoms with Gasteiger partial charge in [-0.05, 0) is 48.9 Å². The Morgan fingerprint density at radius 3 is 2.72 bits per heavy atom. The van der Waals surface area contributed by atoms with E-state index in [1.807, 2.05) is 37.3 Å². The number of ketones is 1. The van der Waals surface area contributed by atoms with Gasteiger partial charge in [-0.1, -0.05) is 45.2 Å². The number of ether oxygens (including phenoxy) is 4. The van der Waals surface area contributed by atoms with Crippen LogP contribution in [0.25, 0.3) is 6.08 Å². The highest BCUT2D eigenvalue weighted by Gasteiger charge is 2.34. The molecular weight excluding hydrogens is 569 g/mol. The first-order valence-electron chi connectivity index (χ1n) is 11.3. The highest BCUT2D eigenvalue weighted by molar-refractivity contribution is 9.10. The average Bonchev–Trinajstić information content (AvgIpc) is 3.17. The van der Waals surface area contributed by atoms with Crippen LogP contribution in [0.5, 0.6) is 17.2 Å². The molecular formula is C27H20BrCl2NO5. The minimum atomic E-state index is -0.168. The largest absolute Gasteiger partial charge is 0.477 e. The first kappa shape index (κ1) is 23.8. The highest BCUT2D eigenvalue weighted by atomic mass is 79.9. The molecule has 36 heavy (non-hydrogen) atoms. The molecule has 3 aromatic carbocycles. The molecule has 0 N–H and O–H groups in total. The molecule has 3 aromatic rings. The lowest BCUT2D eigenvalue weighted by Crippen LogP contribution is -2.32. The Kier molecular flexibility index (Phi) is 6.22. The minimum Gasteiger partial charge on any atom is -0.477 e. The van der Waals surface area contributed by atoms with Gasteiger partial charge in [-0.2, -0.15) is 0 Å². The first-order valence-corrected chi connectivity index (χ1v) is 12.8. The second kappa shape index (κ2) is 9.39. The van der Waals surface area contributed by atoms with Gasteiger partial charge in [0.15, 0.2) is 12.6 Å². The van der Waals surface area contributed by atoms with Crippen LogP contribution in [-0.2, 0) is 24.4 Å². The molecule has 0 spiro atoms. The molecule has 0 radical (unpaired) electrons. The van der Waals surface area contributed by atoms with Gasteiger partial charge < -0.3 is 18.9 Å². The number of nitrogens with zero attached hydrogens (tertiary/aromatic N) is 1. The number of carbonyl (C=O) groups excluding carboxylic acids is 1. The van der Waals surface area contributed by atoms with Gasteiger partial charge in [-0.3, -0.25) is 9.69 Å². The fourth-order valence-electron chi connectivity index (χ4n) is 4.75. The van der Waals surface area contributed by atoms with E-state index in [1.54, 1.807) is 12.1 Å². The Hall–Kier alpha value is -2.55. The normalized spacial score (nSPS) is 17.7. The maximum absolute atomic E-state index is 13.4. The van der Waals surface area contributed by atoms with Crippen LogP contribution in [0.15, 0.2) is 46.6 Å². The van der Waals surface area contributed by atoms with Gasteiger partial charge in [-0.15, -0.1) is 0 Å². The fourth-order valence-corrected chi connectivity index (χ4v) is 5.59. The summed E-state index contributed by atoms with van der Waals surface area (Å²) in [4.78, 5) is 15.5. The van der Waals surface area contributed by atoms with Crippen molar-refractivity contribution >= 4 is 51.0 Å². The van der Waals surface area contributed by atoms with Crippen LogP contribution in [0.1, 0.15) is 38.2 Å². The van der Waals surface area contributed by atoms with Crippen LogP contribution < -0.4 is 14.2 Å². The molecule has 6 nitrogen and oxygen atoms in total. The van der Waals surface area contributed by atoms with E-state index < -0.39 is 0 Å². The Bertz CT molecular complexity index is 1450. The Labute approximate surface area is 226 Å². The third-order valence-electron chi connectivity index (χ3n) is 6.38. The van der Waals surface area contributed by atoms with E-state index in [4.69, 9.17) is 42.1 Å². The maximum Gasteiger partial charge on any atom is 0.231 e. The zero-order valence-electron chi connectivity index (χ0n) is 19.2. The zero-order valence-corrected chi connectivity index (χ0v) is 22.3. The maximum atomic E-state index is 13.4. The van der Waals surface area contributed by atoms with Gasteiger partial charge in [0.2, 0.25) is 5.78 Å². The fraction of sp³-hybridized carbons (Fsp3) is 0.222. The predicted molar refractivity (Wildman–Crippen MR) is 140 cm³/mol. The van der Waals surface area contributed by atoms with Gasteiger partial charge >= 0.3 is 0 Å². The lowest BCUT2D eigenvalue weighted by atomic mass is 9.99. The molecule has 0 atom stereocenters. The van der Waals surface area contributed by atoms with Crippen molar-refractivity contribution < 1.29 is 23.7 Å². The minimum absolute atomic E-state index is 0.168. The molecule has 6 rings (SSSR count). The number of allylic oxidation sites excluding steroid dienone is 1. The van der Waals surface area contributed by atoms with Crippen molar-refractivity contribution in [3.63, 3.8) is 0 Å². The quantitative estimate of drug-likeness (QED) is 0.310. The third-order valence-corrected chi connectivity index (χ3v) is 7.58. The number of benzene rings is 3. The molecule has 3 heterocycles. The predicted octanol–water partition coefficient (Wildman–Crippen LogP) is 6.90. The molecule has 0 saturated heterocycles. The topological polar surface area (TPSA) is 57.2 Å².